The molecule has 5 heteroatoms. The molecule has 0 aliphatic rings. The van der Waals surface area contributed by atoms with E-state index in [4.69, 9.17) is 9.47 Å². The molecule has 1 N–H and O–H groups in total. The minimum atomic E-state index is -0.0915. The fourth-order valence-electron chi connectivity index (χ4n) is 3.99. The van der Waals surface area contributed by atoms with Gasteiger partial charge in [0.15, 0.2) is 0 Å². The van der Waals surface area contributed by atoms with Crippen molar-refractivity contribution in [3.05, 3.63) is 93.5 Å². The highest BCUT2D eigenvalue weighted by Crippen LogP contribution is 2.20. The number of rotatable bonds is 10. The number of aryl methyl sites for hydroxylation is 5. The van der Waals surface area contributed by atoms with Gasteiger partial charge < -0.3 is 9.47 Å². The standard InChI is InChI=1S/C29H34N2O3/c1-20-15-22(3)28(23(4)16-20)19-34-26-12-9-24(10-13-26)18-30-31-29(32)8-6-7-25-11-14-27(33-5)17-21(25)2/h9-18H,6-8,19H2,1-5H3,(H,31,32)/b30-18-. The largest absolute Gasteiger partial charge is 0.497 e. The molecular formula is C29H34N2O3. The van der Waals surface area contributed by atoms with Crippen LogP contribution in [-0.4, -0.2) is 19.2 Å². The Morgan fingerprint density at radius 2 is 1.59 bits per heavy atom. The molecule has 0 saturated heterocycles. The molecule has 3 aromatic rings. The van der Waals surface area contributed by atoms with Gasteiger partial charge in [-0.3, -0.25) is 4.79 Å². The average molecular weight is 459 g/mol. The van der Waals surface area contributed by atoms with Gasteiger partial charge in [0.25, 0.3) is 0 Å². The Hall–Kier alpha value is -3.60. The summed E-state index contributed by atoms with van der Waals surface area (Å²) in [6.07, 6.45) is 3.67. The number of hydrogen-bond donors (Lipinski definition) is 1. The first-order chi connectivity index (χ1) is 16.4. The Labute approximate surface area is 202 Å². The number of methoxy groups -OCH3 is 1. The van der Waals surface area contributed by atoms with Crippen LogP contribution in [0, 0.1) is 27.7 Å². The fraction of sp³-hybridized carbons (Fsp3) is 0.310. The Morgan fingerprint density at radius 3 is 2.24 bits per heavy atom. The Morgan fingerprint density at radius 1 is 0.912 bits per heavy atom. The van der Waals surface area contributed by atoms with E-state index in [2.05, 4.69) is 56.4 Å². The van der Waals surface area contributed by atoms with Crippen LogP contribution in [0.5, 0.6) is 11.5 Å². The minimum absolute atomic E-state index is 0.0915. The van der Waals surface area contributed by atoms with Gasteiger partial charge in [-0.15, -0.1) is 0 Å². The molecule has 0 aromatic heterocycles. The van der Waals surface area contributed by atoms with Crippen LogP contribution < -0.4 is 14.9 Å². The van der Waals surface area contributed by atoms with Gasteiger partial charge in [0.2, 0.25) is 5.91 Å². The van der Waals surface area contributed by atoms with E-state index in [1.54, 1.807) is 13.3 Å². The van der Waals surface area contributed by atoms with Crippen LogP contribution >= 0.6 is 0 Å². The molecule has 34 heavy (non-hydrogen) atoms. The molecule has 178 valence electrons. The summed E-state index contributed by atoms with van der Waals surface area (Å²) >= 11 is 0. The highest BCUT2D eigenvalue weighted by Gasteiger charge is 2.06. The Balaban J connectivity index is 1.42. The lowest BCUT2D eigenvalue weighted by atomic mass is 10.0. The van der Waals surface area contributed by atoms with Crippen molar-refractivity contribution in [3.63, 3.8) is 0 Å². The lowest BCUT2D eigenvalue weighted by Gasteiger charge is -2.13. The van der Waals surface area contributed by atoms with Crippen molar-refractivity contribution in [1.82, 2.24) is 5.43 Å². The molecule has 0 saturated carbocycles. The molecule has 5 nitrogen and oxygen atoms in total. The molecule has 0 atom stereocenters. The Kier molecular flexibility index (Phi) is 8.86. The topological polar surface area (TPSA) is 59.9 Å². The molecular weight excluding hydrogens is 424 g/mol. The number of hydrogen-bond acceptors (Lipinski definition) is 4. The van der Waals surface area contributed by atoms with Crippen LogP contribution in [0.4, 0.5) is 0 Å². The number of amides is 1. The first kappa shape index (κ1) is 25.0. The van der Waals surface area contributed by atoms with Gasteiger partial charge >= 0.3 is 0 Å². The lowest BCUT2D eigenvalue weighted by molar-refractivity contribution is -0.121. The number of hydrazone groups is 1. The maximum atomic E-state index is 12.1. The predicted octanol–water partition coefficient (Wildman–Crippen LogP) is 5.98. The fourth-order valence-corrected chi connectivity index (χ4v) is 3.99. The van der Waals surface area contributed by atoms with Crippen molar-refractivity contribution in [3.8, 4) is 11.5 Å². The number of carbonyl (C=O) groups excluding carboxylic acids is 1. The summed E-state index contributed by atoms with van der Waals surface area (Å²) in [5.41, 5.74) is 10.9. The molecule has 0 aliphatic carbocycles. The summed E-state index contributed by atoms with van der Waals surface area (Å²) in [7, 11) is 1.66. The van der Waals surface area contributed by atoms with E-state index in [-0.39, 0.29) is 5.91 Å². The molecule has 0 bridgehead atoms. The summed E-state index contributed by atoms with van der Waals surface area (Å²) in [5.74, 6) is 1.56. The maximum absolute atomic E-state index is 12.1. The van der Waals surface area contributed by atoms with Crippen LogP contribution in [0.25, 0.3) is 0 Å². The minimum Gasteiger partial charge on any atom is -0.497 e. The summed E-state index contributed by atoms with van der Waals surface area (Å²) < 4.78 is 11.2. The monoisotopic (exact) mass is 458 g/mol. The van der Waals surface area contributed by atoms with E-state index in [0.717, 1.165) is 29.9 Å². The van der Waals surface area contributed by atoms with E-state index in [9.17, 15) is 4.79 Å². The molecule has 0 heterocycles. The highest BCUT2D eigenvalue weighted by atomic mass is 16.5. The molecule has 0 radical (unpaired) electrons. The van der Waals surface area contributed by atoms with E-state index in [0.29, 0.717) is 13.0 Å². The van der Waals surface area contributed by atoms with Crippen molar-refractivity contribution in [2.75, 3.05) is 7.11 Å². The molecule has 0 aliphatic heterocycles. The number of nitrogens with one attached hydrogen (secondary N) is 1. The normalized spacial score (nSPS) is 11.0. The van der Waals surface area contributed by atoms with Gasteiger partial charge in [0.1, 0.15) is 18.1 Å². The lowest BCUT2D eigenvalue weighted by Crippen LogP contribution is -2.17. The van der Waals surface area contributed by atoms with Gasteiger partial charge in [-0.2, -0.15) is 5.10 Å². The zero-order valence-electron chi connectivity index (χ0n) is 20.8. The third-order valence-electron chi connectivity index (χ3n) is 5.91. The molecule has 1 amide bonds. The van der Waals surface area contributed by atoms with Crippen LogP contribution in [0.2, 0.25) is 0 Å². The van der Waals surface area contributed by atoms with Crippen LogP contribution in [0.1, 0.15) is 51.8 Å². The number of ether oxygens (including phenoxy) is 2. The van der Waals surface area contributed by atoms with Crippen LogP contribution in [0.3, 0.4) is 0 Å². The first-order valence-electron chi connectivity index (χ1n) is 11.6. The van der Waals surface area contributed by atoms with Crippen molar-refractivity contribution < 1.29 is 14.3 Å². The second kappa shape index (κ2) is 12.0. The quantitative estimate of drug-likeness (QED) is 0.300. The second-order valence-electron chi connectivity index (χ2n) is 8.67. The molecule has 0 unspecified atom stereocenters. The van der Waals surface area contributed by atoms with Gasteiger partial charge in [0, 0.05) is 6.42 Å². The van der Waals surface area contributed by atoms with Crippen molar-refractivity contribution in [2.24, 2.45) is 5.10 Å². The van der Waals surface area contributed by atoms with Gasteiger partial charge in [-0.25, -0.2) is 5.43 Å². The summed E-state index contributed by atoms with van der Waals surface area (Å²) in [6, 6.07) is 18.1. The SMILES string of the molecule is COc1ccc(CCCC(=O)N/N=C\c2ccc(OCc3c(C)cc(C)cc3C)cc2)c(C)c1. The molecule has 0 fully saturated rings. The molecule has 3 rings (SSSR count). The third-order valence-corrected chi connectivity index (χ3v) is 5.91. The zero-order valence-corrected chi connectivity index (χ0v) is 20.8. The number of nitrogens with zero attached hydrogens (tertiary/aromatic N) is 1. The second-order valence-corrected chi connectivity index (χ2v) is 8.67. The van der Waals surface area contributed by atoms with E-state index in [1.165, 1.54) is 33.4 Å². The first-order valence-corrected chi connectivity index (χ1v) is 11.6. The van der Waals surface area contributed by atoms with Crippen molar-refractivity contribution in [2.45, 2.75) is 53.6 Å². The van der Waals surface area contributed by atoms with E-state index in [1.807, 2.05) is 36.4 Å². The van der Waals surface area contributed by atoms with Crippen molar-refractivity contribution in [1.29, 1.82) is 0 Å². The smallest absolute Gasteiger partial charge is 0.240 e. The maximum Gasteiger partial charge on any atom is 0.240 e. The molecule has 0 spiro atoms. The summed E-state index contributed by atoms with van der Waals surface area (Å²) in [6.45, 7) is 8.94. The van der Waals surface area contributed by atoms with Gasteiger partial charge in [-0.05, 0) is 110 Å². The van der Waals surface area contributed by atoms with E-state index < -0.39 is 0 Å². The predicted molar refractivity (Wildman–Crippen MR) is 138 cm³/mol. The van der Waals surface area contributed by atoms with Gasteiger partial charge in [-0.1, -0.05) is 23.8 Å². The average Bonchev–Trinajstić information content (AvgIpc) is 2.80. The van der Waals surface area contributed by atoms with Crippen molar-refractivity contribution >= 4 is 12.1 Å². The molecule has 3 aromatic carbocycles. The third kappa shape index (κ3) is 7.20. The van der Waals surface area contributed by atoms with Crippen LogP contribution in [0.15, 0.2) is 59.7 Å². The number of benzene rings is 3. The Bertz CT molecular complexity index is 1130. The highest BCUT2D eigenvalue weighted by molar-refractivity contribution is 5.82. The van der Waals surface area contributed by atoms with E-state index >= 15 is 0 Å². The summed E-state index contributed by atoms with van der Waals surface area (Å²) in [5, 5.41) is 4.08. The summed E-state index contributed by atoms with van der Waals surface area (Å²) in [4.78, 5) is 12.1. The number of carbonyl (C=O) groups is 1. The van der Waals surface area contributed by atoms with Gasteiger partial charge in [0.05, 0.1) is 13.3 Å². The zero-order chi connectivity index (χ0) is 24.5. The van der Waals surface area contributed by atoms with Crippen LogP contribution in [-0.2, 0) is 17.8 Å².